The molecule has 0 aliphatic rings. The summed E-state index contributed by atoms with van der Waals surface area (Å²) in [5.74, 6) is -1.03. The van der Waals surface area contributed by atoms with Gasteiger partial charge in [-0.25, -0.2) is 4.79 Å². The summed E-state index contributed by atoms with van der Waals surface area (Å²) >= 11 is 0. The number of hydrogen-bond acceptors (Lipinski definition) is 6. The van der Waals surface area contributed by atoms with Crippen molar-refractivity contribution < 1.29 is 19.1 Å². The van der Waals surface area contributed by atoms with Gasteiger partial charge in [-0.15, -0.1) is 0 Å². The van der Waals surface area contributed by atoms with Crippen molar-refractivity contribution in [2.45, 2.75) is 6.42 Å². The van der Waals surface area contributed by atoms with Crippen molar-refractivity contribution in [3.63, 3.8) is 0 Å². The Bertz CT molecular complexity index is 431. The summed E-state index contributed by atoms with van der Waals surface area (Å²) in [6.07, 6.45) is 0.0110. The average molecular weight is 238 g/mol. The first kappa shape index (κ1) is 12.8. The van der Waals surface area contributed by atoms with Crippen LogP contribution in [0.15, 0.2) is 18.2 Å². The van der Waals surface area contributed by atoms with Crippen LogP contribution in [-0.4, -0.2) is 25.7 Å². The zero-order valence-electron chi connectivity index (χ0n) is 9.43. The number of rotatable bonds is 4. The van der Waals surface area contributed by atoms with Gasteiger partial charge >= 0.3 is 11.9 Å². The fraction of sp³-hybridized carbons (Fsp3) is 0.273. The van der Waals surface area contributed by atoms with E-state index >= 15 is 0 Å². The molecular weight excluding hydrogens is 224 g/mol. The fourth-order valence-electron chi connectivity index (χ4n) is 1.17. The molecule has 1 aromatic carbocycles. The van der Waals surface area contributed by atoms with E-state index in [1.54, 1.807) is 6.07 Å². The molecule has 6 heteroatoms. The molecule has 0 aliphatic carbocycles. The van der Waals surface area contributed by atoms with E-state index in [9.17, 15) is 9.59 Å². The summed E-state index contributed by atoms with van der Waals surface area (Å²) in [6, 6.07) is 4.50. The summed E-state index contributed by atoms with van der Waals surface area (Å²) in [5, 5.41) is 0. The topological polar surface area (TPSA) is 105 Å². The van der Waals surface area contributed by atoms with E-state index in [-0.39, 0.29) is 24.3 Å². The highest BCUT2D eigenvalue weighted by Gasteiger charge is 2.12. The zero-order valence-corrected chi connectivity index (χ0v) is 9.43. The smallest absolute Gasteiger partial charge is 0.340 e. The Hall–Kier alpha value is -2.24. The molecule has 0 radical (unpaired) electrons. The number of hydrogen-bond donors (Lipinski definition) is 2. The van der Waals surface area contributed by atoms with Crippen molar-refractivity contribution in [1.29, 1.82) is 0 Å². The number of esters is 2. The number of carbonyl (C=O) groups excluding carboxylic acids is 2. The molecule has 0 fully saturated rings. The van der Waals surface area contributed by atoms with Gasteiger partial charge in [-0.3, -0.25) is 4.79 Å². The monoisotopic (exact) mass is 238 g/mol. The SMILES string of the molecule is COC(=O)CCOC(=O)c1ccc(N)cc1N. The first-order valence-electron chi connectivity index (χ1n) is 4.93. The molecule has 17 heavy (non-hydrogen) atoms. The highest BCUT2D eigenvalue weighted by Crippen LogP contribution is 2.16. The number of nitrogen functional groups attached to an aromatic ring is 2. The van der Waals surface area contributed by atoms with Crippen molar-refractivity contribution >= 4 is 23.3 Å². The first-order valence-corrected chi connectivity index (χ1v) is 4.93. The Labute approximate surface area is 98.5 Å². The summed E-state index contributed by atoms with van der Waals surface area (Å²) < 4.78 is 9.27. The Balaban J connectivity index is 2.55. The van der Waals surface area contributed by atoms with Gasteiger partial charge in [0.05, 0.1) is 19.1 Å². The predicted molar refractivity (Wildman–Crippen MR) is 62.2 cm³/mol. The molecule has 6 nitrogen and oxygen atoms in total. The molecule has 0 bridgehead atoms. The third kappa shape index (κ3) is 3.67. The standard InChI is InChI=1S/C11H14N2O4/c1-16-10(14)4-5-17-11(15)8-3-2-7(12)6-9(8)13/h2-3,6H,4-5,12-13H2,1H3. The third-order valence-electron chi connectivity index (χ3n) is 2.06. The largest absolute Gasteiger partial charge is 0.469 e. The van der Waals surface area contributed by atoms with Crippen LogP contribution in [0.3, 0.4) is 0 Å². The Morgan fingerprint density at radius 1 is 1.29 bits per heavy atom. The van der Waals surface area contributed by atoms with Crippen LogP contribution in [0.5, 0.6) is 0 Å². The van der Waals surface area contributed by atoms with Gasteiger partial charge in [0.2, 0.25) is 0 Å². The average Bonchev–Trinajstić information content (AvgIpc) is 2.28. The van der Waals surface area contributed by atoms with Gasteiger partial charge in [-0.2, -0.15) is 0 Å². The van der Waals surface area contributed by atoms with E-state index in [0.717, 1.165) is 0 Å². The van der Waals surface area contributed by atoms with Crippen LogP contribution < -0.4 is 11.5 Å². The summed E-state index contributed by atoms with van der Waals surface area (Å²) in [7, 11) is 1.27. The van der Waals surface area contributed by atoms with Crippen LogP contribution in [0.4, 0.5) is 11.4 Å². The number of nitrogens with two attached hydrogens (primary N) is 2. The second kappa shape index (κ2) is 5.74. The van der Waals surface area contributed by atoms with Crippen molar-refractivity contribution in [1.82, 2.24) is 0 Å². The van der Waals surface area contributed by atoms with E-state index in [4.69, 9.17) is 16.2 Å². The van der Waals surface area contributed by atoms with Crippen LogP contribution >= 0.6 is 0 Å². The molecule has 0 heterocycles. The van der Waals surface area contributed by atoms with Gasteiger partial charge in [0.15, 0.2) is 0 Å². The minimum atomic E-state index is -0.591. The van der Waals surface area contributed by atoms with E-state index in [1.807, 2.05) is 0 Å². The number of benzene rings is 1. The van der Waals surface area contributed by atoms with E-state index < -0.39 is 11.9 Å². The van der Waals surface area contributed by atoms with Crippen LogP contribution in [0.1, 0.15) is 16.8 Å². The van der Waals surface area contributed by atoms with Crippen LogP contribution in [0, 0.1) is 0 Å². The Morgan fingerprint density at radius 2 is 2.00 bits per heavy atom. The van der Waals surface area contributed by atoms with Crippen molar-refractivity contribution in [2.75, 3.05) is 25.2 Å². The quantitative estimate of drug-likeness (QED) is 0.587. The highest BCUT2D eigenvalue weighted by molar-refractivity contribution is 5.95. The molecule has 1 aromatic rings. The van der Waals surface area contributed by atoms with Crippen molar-refractivity contribution in [2.24, 2.45) is 0 Å². The second-order valence-corrected chi connectivity index (χ2v) is 3.31. The normalized spacial score (nSPS) is 9.71. The van der Waals surface area contributed by atoms with Crippen molar-refractivity contribution in [3.05, 3.63) is 23.8 Å². The van der Waals surface area contributed by atoms with Crippen LogP contribution in [0.25, 0.3) is 0 Å². The second-order valence-electron chi connectivity index (χ2n) is 3.31. The molecule has 4 N–H and O–H groups in total. The maximum Gasteiger partial charge on any atom is 0.340 e. The lowest BCUT2D eigenvalue weighted by Gasteiger charge is -2.06. The van der Waals surface area contributed by atoms with E-state index in [2.05, 4.69) is 4.74 Å². The molecule has 0 unspecified atom stereocenters. The van der Waals surface area contributed by atoms with Gasteiger partial charge in [-0.05, 0) is 18.2 Å². The zero-order chi connectivity index (χ0) is 12.8. The van der Waals surface area contributed by atoms with Gasteiger partial charge in [0.25, 0.3) is 0 Å². The summed E-state index contributed by atoms with van der Waals surface area (Å²) in [4.78, 5) is 22.3. The molecule has 0 saturated heterocycles. The molecule has 0 spiro atoms. The third-order valence-corrected chi connectivity index (χ3v) is 2.06. The minimum absolute atomic E-state index is 0.0110. The molecule has 0 aromatic heterocycles. The number of carbonyl (C=O) groups is 2. The van der Waals surface area contributed by atoms with Gasteiger partial charge in [0, 0.05) is 11.4 Å². The van der Waals surface area contributed by atoms with E-state index in [0.29, 0.717) is 5.69 Å². The lowest BCUT2D eigenvalue weighted by atomic mass is 10.1. The maximum atomic E-state index is 11.6. The molecule has 0 saturated carbocycles. The maximum absolute atomic E-state index is 11.6. The lowest BCUT2D eigenvalue weighted by Crippen LogP contribution is -2.12. The van der Waals surface area contributed by atoms with Gasteiger partial charge < -0.3 is 20.9 Å². The predicted octanol–water partition coefficient (Wildman–Crippen LogP) is 0.571. The lowest BCUT2D eigenvalue weighted by molar-refractivity contribution is -0.141. The van der Waals surface area contributed by atoms with E-state index in [1.165, 1.54) is 19.2 Å². The number of methoxy groups -OCH3 is 1. The highest BCUT2D eigenvalue weighted by atomic mass is 16.5. The summed E-state index contributed by atoms with van der Waals surface area (Å²) in [6.45, 7) is -0.0463. The molecule has 1 rings (SSSR count). The fourth-order valence-corrected chi connectivity index (χ4v) is 1.17. The minimum Gasteiger partial charge on any atom is -0.469 e. The molecular formula is C11H14N2O4. The van der Waals surface area contributed by atoms with Crippen LogP contribution in [-0.2, 0) is 14.3 Å². The Kier molecular flexibility index (Phi) is 4.33. The van der Waals surface area contributed by atoms with Gasteiger partial charge in [-0.1, -0.05) is 0 Å². The molecule has 0 amide bonds. The number of ether oxygens (including phenoxy) is 2. The van der Waals surface area contributed by atoms with Crippen LogP contribution in [0.2, 0.25) is 0 Å². The molecule has 0 atom stereocenters. The number of anilines is 2. The molecule has 0 aliphatic heterocycles. The van der Waals surface area contributed by atoms with Crippen molar-refractivity contribution in [3.8, 4) is 0 Å². The Morgan fingerprint density at radius 3 is 2.59 bits per heavy atom. The summed E-state index contributed by atoms with van der Waals surface area (Å²) in [5.41, 5.74) is 12.0. The van der Waals surface area contributed by atoms with Gasteiger partial charge in [0.1, 0.15) is 6.61 Å². The molecule has 92 valence electrons. The first-order chi connectivity index (χ1) is 8.04.